The van der Waals surface area contributed by atoms with E-state index in [1.165, 1.54) is 0 Å². The molecule has 0 fully saturated rings. The van der Waals surface area contributed by atoms with E-state index >= 15 is 0 Å². The predicted octanol–water partition coefficient (Wildman–Crippen LogP) is 1.79. The van der Waals surface area contributed by atoms with Crippen LogP contribution < -0.4 is 0 Å². The van der Waals surface area contributed by atoms with Gasteiger partial charge in [-0.2, -0.15) is 0 Å². The van der Waals surface area contributed by atoms with E-state index in [0.29, 0.717) is 152 Å². The number of hydrogen-bond acceptors (Lipinski definition) is 15. The van der Waals surface area contributed by atoms with Crippen molar-refractivity contribution in [3.63, 3.8) is 0 Å². The number of carboxylic acid groups (broad SMARTS) is 1. The molecule has 0 spiro atoms. The fourth-order valence-corrected chi connectivity index (χ4v) is 3.65. The lowest BCUT2D eigenvalue weighted by Gasteiger charge is -2.09. The highest BCUT2D eigenvalue weighted by Crippen LogP contribution is 2.01. The van der Waals surface area contributed by atoms with Crippen LogP contribution in [-0.4, -0.2) is 176 Å². The lowest BCUT2D eigenvalue weighted by Crippen LogP contribution is -2.15. The van der Waals surface area contributed by atoms with Crippen LogP contribution in [0.1, 0.15) is 18.4 Å². The topological polar surface area (TPSA) is 174 Å². The van der Waals surface area contributed by atoms with E-state index in [-0.39, 0.29) is 32.0 Å². The molecule has 0 amide bonds. The molecule has 0 aliphatic rings. The van der Waals surface area contributed by atoms with Crippen LogP contribution in [0.5, 0.6) is 0 Å². The van der Waals surface area contributed by atoms with Crippen molar-refractivity contribution in [1.29, 1.82) is 0 Å². The molecule has 0 atom stereocenters. The lowest BCUT2D eigenvalue weighted by atomic mass is 10.2. The van der Waals surface area contributed by atoms with Gasteiger partial charge in [0.1, 0.15) is 6.61 Å². The van der Waals surface area contributed by atoms with Crippen LogP contribution in [0.4, 0.5) is 0 Å². The monoisotopic (exact) mass is 736 g/mol. The van der Waals surface area contributed by atoms with E-state index in [1.807, 2.05) is 30.3 Å². The minimum Gasteiger partial charge on any atom is -0.481 e. The first-order valence-electron chi connectivity index (χ1n) is 17.5. The Morgan fingerprint density at radius 1 is 0.373 bits per heavy atom. The van der Waals surface area contributed by atoms with Gasteiger partial charge < -0.3 is 66.7 Å². The third-order valence-electron chi connectivity index (χ3n) is 6.25. The third kappa shape index (κ3) is 37.3. The average molecular weight is 737 g/mol. The van der Waals surface area contributed by atoms with Crippen molar-refractivity contribution in [1.82, 2.24) is 0 Å². The van der Waals surface area contributed by atoms with Crippen LogP contribution in [0.3, 0.4) is 0 Å². The Morgan fingerprint density at radius 3 is 0.902 bits per heavy atom. The zero-order valence-corrected chi connectivity index (χ0v) is 30.0. The number of carbonyl (C=O) groups is 2. The fourth-order valence-electron chi connectivity index (χ4n) is 3.65. The summed E-state index contributed by atoms with van der Waals surface area (Å²) in [5.74, 6) is -1.16. The number of carbonyl (C=O) groups excluding carboxylic acids is 1. The molecule has 0 heterocycles. The molecule has 0 aliphatic heterocycles. The predicted molar refractivity (Wildman–Crippen MR) is 183 cm³/mol. The molecule has 0 unspecified atom stereocenters. The van der Waals surface area contributed by atoms with Gasteiger partial charge in [0.15, 0.2) is 0 Å². The highest BCUT2D eigenvalue weighted by atomic mass is 16.6. The van der Waals surface area contributed by atoms with Crippen LogP contribution >= 0.6 is 0 Å². The zero-order chi connectivity index (χ0) is 36.6. The summed E-state index contributed by atoms with van der Waals surface area (Å²) in [6.07, 6.45) is 0.201. The molecule has 51 heavy (non-hydrogen) atoms. The van der Waals surface area contributed by atoms with E-state index in [2.05, 4.69) is 0 Å². The van der Waals surface area contributed by atoms with Gasteiger partial charge in [0.2, 0.25) is 0 Å². The first kappa shape index (κ1) is 46.7. The van der Waals surface area contributed by atoms with Crippen LogP contribution in [-0.2, 0) is 77.8 Å². The van der Waals surface area contributed by atoms with E-state index in [4.69, 9.17) is 66.7 Å². The molecule has 16 nitrogen and oxygen atoms in total. The average Bonchev–Trinajstić information content (AvgIpc) is 3.13. The van der Waals surface area contributed by atoms with Gasteiger partial charge in [0, 0.05) is 0 Å². The van der Waals surface area contributed by atoms with Crippen LogP contribution in [0.2, 0.25) is 0 Å². The normalized spacial score (nSPS) is 11.3. The largest absolute Gasteiger partial charge is 0.481 e. The first-order valence-corrected chi connectivity index (χ1v) is 17.5. The molecule has 296 valence electrons. The number of hydrogen-bond donors (Lipinski definition) is 1. The van der Waals surface area contributed by atoms with Gasteiger partial charge in [-0.3, -0.25) is 9.59 Å². The Morgan fingerprint density at radius 2 is 0.627 bits per heavy atom. The Hall–Kier alpha value is -2.32. The maximum Gasteiger partial charge on any atom is 0.308 e. The van der Waals surface area contributed by atoms with Gasteiger partial charge in [0.05, 0.1) is 171 Å². The second kappa shape index (κ2) is 38.9. The van der Waals surface area contributed by atoms with Gasteiger partial charge in [-0.25, -0.2) is 0 Å². The van der Waals surface area contributed by atoms with Crippen LogP contribution in [0, 0.1) is 0 Å². The molecule has 0 aliphatic carbocycles. The molecule has 1 aromatic carbocycles. The maximum absolute atomic E-state index is 11.7. The van der Waals surface area contributed by atoms with Crippen molar-refractivity contribution in [3.8, 4) is 0 Å². The molecule has 0 saturated heterocycles. The van der Waals surface area contributed by atoms with Gasteiger partial charge in [-0.05, 0) is 5.56 Å². The summed E-state index contributed by atoms with van der Waals surface area (Å²) in [4.78, 5) is 22.1. The Labute approximate surface area is 302 Å². The van der Waals surface area contributed by atoms with Crippen molar-refractivity contribution >= 4 is 11.9 Å². The molecule has 0 bridgehead atoms. The summed E-state index contributed by atoms with van der Waals surface area (Å²) in [5.41, 5.74) is 0.955. The number of benzene rings is 1. The number of aliphatic carboxylic acids is 1. The number of esters is 1. The minimum absolute atomic E-state index is 0.00675. The second-order valence-corrected chi connectivity index (χ2v) is 10.4. The Bertz CT molecular complexity index is 879. The van der Waals surface area contributed by atoms with Crippen molar-refractivity contribution in [2.45, 2.75) is 19.4 Å². The van der Waals surface area contributed by atoms with E-state index in [9.17, 15) is 9.59 Å². The van der Waals surface area contributed by atoms with E-state index < -0.39 is 5.97 Å². The Kier molecular flexibility index (Phi) is 35.6. The van der Waals surface area contributed by atoms with Crippen molar-refractivity contribution in [2.24, 2.45) is 0 Å². The SMILES string of the molecule is O=C(O)CCOCCOCCOCCOCCOCCOCCOCCOCCOCCOCCOCCOCCC(=O)OCc1ccccc1. The summed E-state index contributed by atoms with van der Waals surface area (Å²) in [6.45, 7) is 10.8. The highest BCUT2D eigenvalue weighted by molar-refractivity contribution is 5.69. The van der Waals surface area contributed by atoms with Crippen LogP contribution in [0.15, 0.2) is 30.3 Å². The second-order valence-electron chi connectivity index (χ2n) is 10.4. The lowest BCUT2D eigenvalue weighted by molar-refractivity contribution is -0.146. The highest BCUT2D eigenvalue weighted by Gasteiger charge is 2.04. The summed E-state index contributed by atoms with van der Waals surface area (Å²) < 4.78 is 70.1. The van der Waals surface area contributed by atoms with Gasteiger partial charge in [-0.15, -0.1) is 0 Å². The third-order valence-corrected chi connectivity index (χ3v) is 6.25. The van der Waals surface area contributed by atoms with Crippen molar-refractivity contribution < 1.29 is 76.3 Å². The minimum atomic E-state index is -0.878. The summed E-state index contributed by atoms with van der Waals surface area (Å²) in [5, 5.41) is 8.49. The molecule has 16 heteroatoms. The number of ether oxygens (including phenoxy) is 13. The summed E-state index contributed by atoms with van der Waals surface area (Å²) in [6, 6.07) is 9.54. The smallest absolute Gasteiger partial charge is 0.308 e. The van der Waals surface area contributed by atoms with Gasteiger partial charge in [0.25, 0.3) is 0 Å². The molecule has 0 aromatic heterocycles. The van der Waals surface area contributed by atoms with E-state index in [0.717, 1.165) is 5.56 Å². The molecule has 0 saturated carbocycles. The zero-order valence-electron chi connectivity index (χ0n) is 30.0. The molecule has 0 radical (unpaired) electrons. The molecular formula is C35H60O16. The summed E-state index contributed by atoms with van der Waals surface area (Å²) in [7, 11) is 0. The standard InChI is InChI=1S/C35H60O16/c36-34(37)6-8-39-10-12-41-14-16-43-18-20-45-22-24-47-26-28-49-30-31-50-29-27-48-25-23-46-21-19-44-17-15-42-13-11-40-9-7-35(38)51-32-33-4-2-1-3-5-33/h1-5H,6-32H2,(H,36,37). The Balaban J connectivity index is 1.63. The van der Waals surface area contributed by atoms with Gasteiger partial charge >= 0.3 is 11.9 Å². The summed E-state index contributed by atoms with van der Waals surface area (Å²) >= 11 is 0. The van der Waals surface area contributed by atoms with Crippen LogP contribution in [0.25, 0.3) is 0 Å². The van der Waals surface area contributed by atoms with Crippen molar-refractivity contribution in [2.75, 3.05) is 159 Å². The number of rotatable bonds is 41. The fraction of sp³-hybridized carbons (Fsp3) is 0.771. The number of carboxylic acids is 1. The molecule has 1 rings (SSSR count). The van der Waals surface area contributed by atoms with Gasteiger partial charge in [-0.1, -0.05) is 30.3 Å². The maximum atomic E-state index is 11.7. The quantitative estimate of drug-likeness (QED) is 0.0761. The van der Waals surface area contributed by atoms with E-state index in [1.54, 1.807) is 0 Å². The molecule has 1 N–H and O–H groups in total. The molecular weight excluding hydrogens is 676 g/mol. The first-order chi connectivity index (χ1) is 25.2. The molecule has 1 aromatic rings. The van der Waals surface area contributed by atoms with Crippen molar-refractivity contribution in [3.05, 3.63) is 35.9 Å².